The van der Waals surface area contributed by atoms with Crippen LogP contribution in [0.1, 0.15) is 5.56 Å². The van der Waals surface area contributed by atoms with E-state index in [1.165, 1.54) is 0 Å². The topological polar surface area (TPSA) is 63.3 Å². The molecular weight excluding hydrogens is 192 g/mol. The average molecular weight is 197 g/mol. The Morgan fingerprint density at radius 1 is 1.36 bits per heavy atom. The van der Waals surface area contributed by atoms with E-state index in [9.17, 15) is 13.6 Å². The smallest absolute Gasteiger partial charge is 0.293 e. The van der Waals surface area contributed by atoms with Gasteiger partial charge in [-0.15, -0.1) is 0 Å². The van der Waals surface area contributed by atoms with Gasteiger partial charge in [-0.2, -0.15) is 0 Å². The molecule has 3 nitrogen and oxygen atoms in total. The lowest BCUT2D eigenvalue weighted by atomic mass is 10.2. The minimum Gasteiger partial charge on any atom is -0.503 e. The number of halogens is 2. The summed E-state index contributed by atoms with van der Waals surface area (Å²) in [6, 6.07) is 1.60. The average Bonchev–Trinajstić information content (AvgIpc) is 2.10. The molecule has 0 aromatic heterocycles. The van der Waals surface area contributed by atoms with Crippen LogP contribution < -0.4 is 5.73 Å². The van der Waals surface area contributed by atoms with Crippen molar-refractivity contribution in [1.82, 2.24) is 0 Å². The van der Waals surface area contributed by atoms with E-state index in [-0.39, 0.29) is 5.56 Å². The number of nitrogens with two attached hydrogens (primary N) is 1. The van der Waals surface area contributed by atoms with Gasteiger partial charge < -0.3 is 10.8 Å². The third kappa shape index (κ3) is 2.20. The maximum absolute atomic E-state index is 12.7. The summed E-state index contributed by atoms with van der Waals surface area (Å²) >= 11 is 0. The van der Waals surface area contributed by atoms with Crippen molar-refractivity contribution in [3.05, 3.63) is 29.3 Å². The summed E-state index contributed by atoms with van der Waals surface area (Å²) in [6.07, 6.45) is 0. The fourth-order valence-corrected chi connectivity index (χ4v) is 0.771. The van der Waals surface area contributed by atoms with Gasteiger partial charge in [0.15, 0.2) is 17.4 Å². The van der Waals surface area contributed by atoms with Crippen LogP contribution in [-0.4, -0.2) is 11.0 Å². The summed E-state index contributed by atoms with van der Waals surface area (Å²) in [5, 5.41) is 8.72. The predicted octanol–water partition coefficient (Wildman–Crippen LogP) is 0.507. The minimum atomic E-state index is -1.14. The number of phenolic OH excluding ortho intramolecular Hbond substituents is 1. The SMILES string of the molecule is NC(=O)C#Cc1cc(F)c(O)c(F)c1. The van der Waals surface area contributed by atoms with Crippen molar-refractivity contribution in [3.63, 3.8) is 0 Å². The van der Waals surface area contributed by atoms with Gasteiger partial charge in [-0.1, -0.05) is 5.92 Å². The molecule has 0 saturated carbocycles. The highest BCUT2D eigenvalue weighted by molar-refractivity contribution is 5.92. The second-order valence-electron chi connectivity index (χ2n) is 2.40. The molecule has 0 aliphatic heterocycles. The van der Waals surface area contributed by atoms with E-state index in [0.717, 1.165) is 12.1 Å². The Labute approximate surface area is 78.2 Å². The zero-order valence-electron chi connectivity index (χ0n) is 6.84. The van der Waals surface area contributed by atoms with E-state index >= 15 is 0 Å². The molecule has 0 atom stereocenters. The first-order valence-electron chi connectivity index (χ1n) is 3.50. The van der Waals surface area contributed by atoms with Gasteiger partial charge >= 0.3 is 0 Å². The zero-order chi connectivity index (χ0) is 10.7. The van der Waals surface area contributed by atoms with Gasteiger partial charge in [-0.25, -0.2) is 8.78 Å². The van der Waals surface area contributed by atoms with Crippen molar-refractivity contribution >= 4 is 5.91 Å². The molecule has 0 radical (unpaired) electrons. The summed E-state index contributed by atoms with van der Waals surface area (Å²) in [4.78, 5) is 10.2. The Balaban J connectivity index is 3.15. The number of rotatable bonds is 0. The van der Waals surface area contributed by atoms with Crippen molar-refractivity contribution in [2.45, 2.75) is 0 Å². The first kappa shape index (κ1) is 9.99. The minimum absolute atomic E-state index is 0.0726. The first-order valence-corrected chi connectivity index (χ1v) is 3.50. The number of phenols is 1. The highest BCUT2D eigenvalue weighted by atomic mass is 19.1. The summed E-state index contributed by atoms with van der Waals surface area (Å²) < 4.78 is 25.4. The van der Waals surface area contributed by atoms with Crippen LogP contribution in [0.15, 0.2) is 12.1 Å². The molecule has 1 aromatic rings. The van der Waals surface area contributed by atoms with Crippen LogP contribution in [0.25, 0.3) is 0 Å². The second kappa shape index (κ2) is 3.75. The largest absolute Gasteiger partial charge is 0.503 e. The molecule has 0 aliphatic rings. The van der Waals surface area contributed by atoms with Crippen LogP contribution in [0.3, 0.4) is 0 Å². The van der Waals surface area contributed by atoms with Gasteiger partial charge in [-0.05, 0) is 18.1 Å². The Bertz CT molecular complexity index is 423. The van der Waals surface area contributed by atoms with E-state index in [1.807, 2.05) is 5.92 Å². The van der Waals surface area contributed by atoms with Crippen molar-refractivity contribution in [1.29, 1.82) is 0 Å². The fourth-order valence-electron chi connectivity index (χ4n) is 0.771. The first-order chi connectivity index (χ1) is 6.50. The van der Waals surface area contributed by atoms with E-state index < -0.39 is 23.3 Å². The fraction of sp³-hybridized carbons (Fsp3) is 0. The van der Waals surface area contributed by atoms with Gasteiger partial charge in [0.05, 0.1) is 0 Å². The normalized spacial score (nSPS) is 9.00. The molecule has 0 spiro atoms. The number of carbonyl (C=O) groups excluding carboxylic acids is 1. The Kier molecular flexibility index (Phi) is 2.67. The van der Waals surface area contributed by atoms with E-state index in [2.05, 4.69) is 5.92 Å². The standard InChI is InChI=1S/C9H5F2NO2/c10-6-3-5(1-2-8(12)13)4-7(11)9(6)14/h3-4,14H,(H2,12,13). The molecule has 0 bridgehead atoms. The van der Waals surface area contributed by atoms with Crippen molar-refractivity contribution in [2.75, 3.05) is 0 Å². The lowest BCUT2D eigenvalue weighted by molar-refractivity contribution is -0.112. The Hall–Kier alpha value is -2.09. The van der Waals surface area contributed by atoms with Gasteiger partial charge in [0.25, 0.3) is 5.91 Å². The van der Waals surface area contributed by atoms with Crippen molar-refractivity contribution in [2.24, 2.45) is 5.73 Å². The van der Waals surface area contributed by atoms with Crippen LogP contribution in [0, 0.1) is 23.5 Å². The monoisotopic (exact) mass is 197 g/mol. The third-order valence-corrected chi connectivity index (χ3v) is 1.35. The van der Waals surface area contributed by atoms with Crippen LogP contribution in [0.5, 0.6) is 5.75 Å². The van der Waals surface area contributed by atoms with Crippen LogP contribution in [-0.2, 0) is 4.79 Å². The van der Waals surface area contributed by atoms with Gasteiger partial charge in [0.2, 0.25) is 0 Å². The van der Waals surface area contributed by atoms with Gasteiger partial charge in [0.1, 0.15) is 0 Å². The zero-order valence-corrected chi connectivity index (χ0v) is 6.84. The molecular formula is C9H5F2NO2. The molecule has 0 unspecified atom stereocenters. The highest BCUT2D eigenvalue weighted by Crippen LogP contribution is 2.20. The maximum Gasteiger partial charge on any atom is 0.293 e. The molecule has 1 aromatic carbocycles. The number of primary amides is 1. The number of hydrogen-bond acceptors (Lipinski definition) is 2. The highest BCUT2D eigenvalue weighted by Gasteiger charge is 2.07. The van der Waals surface area contributed by atoms with Crippen molar-refractivity contribution < 1.29 is 18.7 Å². The lowest BCUT2D eigenvalue weighted by Gasteiger charge is -1.97. The summed E-state index contributed by atoms with van der Waals surface area (Å²) in [6.45, 7) is 0. The molecule has 0 heterocycles. The predicted molar refractivity (Wildman–Crippen MR) is 44.1 cm³/mol. The second-order valence-corrected chi connectivity index (χ2v) is 2.40. The Morgan fingerprint density at radius 3 is 2.29 bits per heavy atom. The number of hydrogen-bond donors (Lipinski definition) is 2. The quantitative estimate of drug-likeness (QED) is 0.595. The van der Waals surface area contributed by atoms with Crippen molar-refractivity contribution in [3.8, 4) is 17.6 Å². The van der Waals surface area contributed by atoms with Crippen LogP contribution in [0.4, 0.5) is 8.78 Å². The summed E-state index contributed by atoms with van der Waals surface area (Å²) in [5.41, 5.74) is 4.62. The molecule has 14 heavy (non-hydrogen) atoms. The van der Waals surface area contributed by atoms with Crippen LogP contribution in [0.2, 0.25) is 0 Å². The maximum atomic E-state index is 12.7. The van der Waals surface area contributed by atoms with Crippen LogP contribution >= 0.6 is 0 Å². The molecule has 0 saturated heterocycles. The third-order valence-electron chi connectivity index (χ3n) is 1.35. The van der Waals surface area contributed by atoms with E-state index in [1.54, 1.807) is 0 Å². The molecule has 3 N–H and O–H groups in total. The molecule has 1 amide bonds. The molecule has 0 fully saturated rings. The van der Waals surface area contributed by atoms with Gasteiger partial charge in [-0.3, -0.25) is 4.79 Å². The van der Waals surface area contributed by atoms with E-state index in [4.69, 9.17) is 10.8 Å². The summed E-state index contributed by atoms with van der Waals surface area (Å²) in [5.74, 6) is -0.211. The molecule has 1 rings (SSSR count). The number of amides is 1. The lowest BCUT2D eigenvalue weighted by Crippen LogP contribution is -2.06. The summed E-state index contributed by atoms with van der Waals surface area (Å²) in [7, 11) is 0. The molecule has 0 aliphatic carbocycles. The molecule has 72 valence electrons. The Morgan fingerprint density at radius 2 is 1.86 bits per heavy atom. The number of carbonyl (C=O) groups is 1. The molecule has 5 heteroatoms. The van der Waals surface area contributed by atoms with E-state index in [0.29, 0.717) is 0 Å². The number of benzene rings is 1. The number of aromatic hydroxyl groups is 1. The van der Waals surface area contributed by atoms with Gasteiger partial charge in [0, 0.05) is 5.56 Å².